The monoisotopic (exact) mass is 315 g/mol. The first-order valence-electron chi connectivity index (χ1n) is 7.52. The van der Waals surface area contributed by atoms with Crippen LogP contribution in [-0.4, -0.2) is 12.1 Å². The number of aromatic nitrogens is 1. The molecule has 0 spiro atoms. The molecule has 0 N–H and O–H groups in total. The molecule has 2 heterocycles. The molecular weight excluding hydrogens is 302 g/mol. The lowest BCUT2D eigenvalue weighted by atomic mass is 10.0. The van der Waals surface area contributed by atoms with Gasteiger partial charge < -0.3 is 4.74 Å². The van der Waals surface area contributed by atoms with E-state index in [1.807, 2.05) is 29.7 Å². The van der Waals surface area contributed by atoms with Gasteiger partial charge in [0, 0.05) is 33.1 Å². The van der Waals surface area contributed by atoms with Crippen molar-refractivity contribution in [3.05, 3.63) is 60.8 Å². The zero-order valence-electron chi connectivity index (χ0n) is 12.5. The summed E-state index contributed by atoms with van der Waals surface area (Å²) in [5.41, 5.74) is 0.976. The van der Waals surface area contributed by atoms with Gasteiger partial charge in [0.1, 0.15) is 5.75 Å². The first-order valence-corrected chi connectivity index (χ1v) is 8.33. The lowest BCUT2D eigenvalue weighted by molar-refractivity contribution is 0.415. The van der Waals surface area contributed by atoms with Gasteiger partial charge in [-0.25, -0.2) is 0 Å². The highest BCUT2D eigenvalue weighted by Crippen LogP contribution is 2.41. The van der Waals surface area contributed by atoms with Gasteiger partial charge in [-0.15, -0.1) is 11.3 Å². The smallest absolute Gasteiger partial charge is 0.121 e. The van der Waals surface area contributed by atoms with E-state index in [9.17, 15) is 0 Å². The van der Waals surface area contributed by atoms with Crippen molar-refractivity contribution in [1.82, 2.24) is 4.98 Å². The Bertz CT molecular complexity index is 1210. The lowest BCUT2D eigenvalue weighted by Crippen LogP contribution is -1.85. The number of pyridine rings is 1. The minimum Gasteiger partial charge on any atom is -0.497 e. The number of fused-ring (bicyclic) bond motifs is 7. The molecule has 0 saturated heterocycles. The molecule has 23 heavy (non-hydrogen) atoms. The van der Waals surface area contributed by atoms with Gasteiger partial charge in [0.2, 0.25) is 0 Å². The molecule has 2 nitrogen and oxygen atoms in total. The van der Waals surface area contributed by atoms with Crippen LogP contribution < -0.4 is 4.74 Å². The largest absolute Gasteiger partial charge is 0.497 e. The molecule has 5 aromatic rings. The summed E-state index contributed by atoms with van der Waals surface area (Å²) in [6.45, 7) is 0. The van der Waals surface area contributed by atoms with Crippen molar-refractivity contribution >= 4 is 53.2 Å². The average Bonchev–Trinajstić information content (AvgIpc) is 3.00. The van der Waals surface area contributed by atoms with Gasteiger partial charge in [-0.3, -0.25) is 4.98 Å². The molecule has 0 aliphatic rings. The van der Waals surface area contributed by atoms with Crippen molar-refractivity contribution in [3.8, 4) is 5.75 Å². The number of methoxy groups -OCH3 is 1. The van der Waals surface area contributed by atoms with E-state index in [1.165, 1.54) is 36.3 Å². The summed E-state index contributed by atoms with van der Waals surface area (Å²) in [6, 6.07) is 19.1. The van der Waals surface area contributed by atoms with Gasteiger partial charge in [0.15, 0.2) is 0 Å². The van der Waals surface area contributed by atoms with Crippen LogP contribution in [0.25, 0.3) is 41.8 Å². The molecule has 0 saturated carbocycles. The highest BCUT2D eigenvalue weighted by molar-refractivity contribution is 7.26. The van der Waals surface area contributed by atoms with Crippen molar-refractivity contribution in [2.24, 2.45) is 0 Å². The second-order valence-corrected chi connectivity index (χ2v) is 6.73. The summed E-state index contributed by atoms with van der Waals surface area (Å²) in [5, 5.41) is 6.40. The summed E-state index contributed by atoms with van der Waals surface area (Å²) in [6.07, 6.45) is 1.98. The van der Waals surface area contributed by atoms with E-state index in [0.717, 1.165) is 11.3 Å². The molecule has 2 aromatic heterocycles. The Labute approximate surface area is 136 Å². The Hall–Kier alpha value is -2.65. The van der Waals surface area contributed by atoms with Crippen molar-refractivity contribution in [2.75, 3.05) is 7.11 Å². The second kappa shape index (κ2) is 4.67. The summed E-state index contributed by atoms with van der Waals surface area (Å²) < 4.78 is 7.88. The van der Waals surface area contributed by atoms with Crippen LogP contribution in [0.2, 0.25) is 0 Å². The predicted molar refractivity (Wildman–Crippen MR) is 98.7 cm³/mol. The van der Waals surface area contributed by atoms with Gasteiger partial charge >= 0.3 is 0 Å². The Balaban J connectivity index is 2.06. The third-order valence-electron chi connectivity index (χ3n) is 4.40. The fourth-order valence-electron chi connectivity index (χ4n) is 3.33. The summed E-state index contributed by atoms with van der Waals surface area (Å²) in [5.74, 6) is 0.841. The number of hydrogen-bond donors (Lipinski definition) is 0. The van der Waals surface area contributed by atoms with Crippen molar-refractivity contribution in [1.29, 1.82) is 0 Å². The summed E-state index contributed by atoms with van der Waals surface area (Å²) >= 11 is 1.81. The predicted octanol–water partition coefficient (Wildman–Crippen LogP) is 5.76. The average molecular weight is 315 g/mol. The number of ether oxygens (including phenoxy) is 1. The molecule has 0 radical (unpaired) electrons. The van der Waals surface area contributed by atoms with Crippen LogP contribution in [0.15, 0.2) is 60.8 Å². The lowest BCUT2D eigenvalue weighted by Gasteiger charge is -2.05. The van der Waals surface area contributed by atoms with Gasteiger partial charge in [0.05, 0.1) is 17.3 Å². The Morgan fingerprint density at radius 2 is 1.74 bits per heavy atom. The van der Waals surface area contributed by atoms with Crippen molar-refractivity contribution < 1.29 is 4.74 Å². The molecule has 3 heteroatoms. The molecule has 0 unspecified atom stereocenters. The molecular formula is C20H13NOS. The fraction of sp³-hybridized carbons (Fsp3) is 0.0500. The van der Waals surface area contributed by atoms with E-state index in [2.05, 4.69) is 47.4 Å². The quantitative estimate of drug-likeness (QED) is 0.392. The van der Waals surface area contributed by atoms with Crippen LogP contribution in [0.3, 0.4) is 0 Å². The Kier molecular flexibility index (Phi) is 2.61. The van der Waals surface area contributed by atoms with Crippen LogP contribution in [-0.2, 0) is 0 Å². The minimum absolute atomic E-state index is 0.841. The van der Waals surface area contributed by atoms with E-state index in [4.69, 9.17) is 4.74 Å². The van der Waals surface area contributed by atoms with Crippen LogP contribution in [0.1, 0.15) is 0 Å². The van der Waals surface area contributed by atoms with Gasteiger partial charge in [-0.2, -0.15) is 0 Å². The highest BCUT2D eigenvalue weighted by Gasteiger charge is 2.12. The topological polar surface area (TPSA) is 22.1 Å². The molecule has 0 aliphatic carbocycles. The molecule has 3 aromatic carbocycles. The number of thiophene rings is 1. The van der Waals surface area contributed by atoms with Crippen LogP contribution in [0, 0.1) is 0 Å². The maximum atomic E-state index is 5.34. The molecule has 5 rings (SSSR count). The van der Waals surface area contributed by atoms with Crippen LogP contribution >= 0.6 is 11.3 Å². The maximum Gasteiger partial charge on any atom is 0.121 e. The van der Waals surface area contributed by atoms with E-state index in [1.54, 1.807) is 7.11 Å². The van der Waals surface area contributed by atoms with E-state index in [0.29, 0.717) is 0 Å². The van der Waals surface area contributed by atoms with Crippen LogP contribution in [0.4, 0.5) is 0 Å². The summed E-state index contributed by atoms with van der Waals surface area (Å²) in [4.78, 5) is 4.62. The molecule has 0 fully saturated rings. The standard InChI is InChI=1S/C20H13NOS/c1-22-13-7-8-15-16(10-13)21-11-18-20(15)19-14-5-3-2-4-12(14)6-9-17(19)23-18/h2-11H,1H3. The third kappa shape index (κ3) is 1.77. The second-order valence-electron chi connectivity index (χ2n) is 5.64. The van der Waals surface area contributed by atoms with Gasteiger partial charge in [-0.05, 0) is 29.0 Å². The molecule has 0 aliphatic heterocycles. The Morgan fingerprint density at radius 3 is 2.65 bits per heavy atom. The van der Waals surface area contributed by atoms with Crippen molar-refractivity contribution in [3.63, 3.8) is 0 Å². The number of rotatable bonds is 1. The maximum absolute atomic E-state index is 5.34. The molecule has 0 amide bonds. The zero-order valence-corrected chi connectivity index (χ0v) is 13.4. The first-order chi connectivity index (χ1) is 11.3. The minimum atomic E-state index is 0.841. The van der Waals surface area contributed by atoms with E-state index >= 15 is 0 Å². The molecule has 110 valence electrons. The van der Waals surface area contributed by atoms with E-state index < -0.39 is 0 Å². The molecule has 0 bridgehead atoms. The highest BCUT2D eigenvalue weighted by atomic mass is 32.1. The third-order valence-corrected chi connectivity index (χ3v) is 5.49. The summed E-state index contributed by atoms with van der Waals surface area (Å²) in [7, 11) is 1.69. The Morgan fingerprint density at radius 1 is 0.870 bits per heavy atom. The zero-order chi connectivity index (χ0) is 15.4. The first kappa shape index (κ1) is 12.9. The molecule has 0 atom stereocenters. The normalized spacial score (nSPS) is 11.7. The fourth-order valence-corrected chi connectivity index (χ4v) is 4.44. The van der Waals surface area contributed by atoms with E-state index in [-0.39, 0.29) is 0 Å². The SMILES string of the molecule is COc1ccc2c(c1)ncc1sc3ccc4ccccc4c3c12. The van der Waals surface area contributed by atoms with Gasteiger partial charge in [0.25, 0.3) is 0 Å². The number of nitrogens with zero attached hydrogens (tertiary/aromatic N) is 1. The van der Waals surface area contributed by atoms with Gasteiger partial charge in [-0.1, -0.05) is 30.3 Å². The number of hydrogen-bond acceptors (Lipinski definition) is 3. The number of benzene rings is 3. The van der Waals surface area contributed by atoms with Crippen LogP contribution in [0.5, 0.6) is 5.75 Å². The van der Waals surface area contributed by atoms with Crippen molar-refractivity contribution in [2.45, 2.75) is 0 Å².